The molecule has 1 fully saturated rings. The van der Waals surface area contributed by atoms with Crippen molar-refractivity contribution in [1.29, 1.82) is 5.26 Å². The van der Waals surface area contributed by atoms with Gasteiger partial charge in [0.05, 0.1) is 16.9 Å². The number of hydrogen-bond donors (Lipinski definition) is 0. The van der Waals surface area contributed by atoms with Gasteiger partial charge in [-0.25, -0.2) is 5.26 Å². The maximum Gasteiger partial charge on any atom is 0.494 e. The SMILES string of the molecule is CC1=Nc2cc(B3OC(C)(C)C(C)(C)O3)ccc2B1C#N. The van der Waals surface area contributed by atoms with Gasteiger partial charge in [0.1, 0.15) is 0 Å². The highest BCUT2D eigenvalue weighted by atomic mass is 16.7. The minimum absolute atomic E-state index is 0.229. The van der Waals surface area contributed by atoms with E-state index in [1.165, 1.54) is 0 Å². The fourth-order valence-corrected chi connectivity index (χ4v) is 2.67. The van der Waals surface area contributed by atoms with Crippen molar-refractivity contribution in [3.63, 3.8) is 0 Å². The molecule has 2 aliphatic heterocycles. The van der Waals surface area contributed by atoms with Crippen LogP contribution in [0.5, 0.6) is 0 Å². The quantitative estimate of drug-likeness (QED) is 0.730. The van der Waals surface area contributed by atoms with E-state index in [1.807, 2.05) is 52.8 Å². The summed E-state index contributed by atoms with van der Waals surface area (Å²) in [5.41, 5.74) is 2.90. The third-order valence-corrected chi connectivity index (χ3v) is 4.73. The number of hydrogen-bond acceptors (Lipinski definition) is 4. The Balaban J connectivity index is 1.94. The fraction of sp³-hybridized carbons (Fsp3) is 0.467. The van der Waals surface area contributed by atoms with Gasteiger partial charge in [0.25, 0.3) is 0 Å². The Labute approximate surface area is 126 Å². The van der Waals surface area contributed by atoms with Gasteiger partial charge >= 0.3 is 13.8 Å². The Morgan fingerprint density at radius 1 is 1.14 bits per heavy atom. The van der Waals surface area contributed by atoms with Gasteiger partial charge in [-0.3, -0.25) is 4.99 Å². The van der Waals surface area contributed by atoms with Crippen molar-refractivity contribution in [3.05, 3.63) is 18.2 Å². The van der Waals surface area contributed by atoms with Crippen LogP contribution in [0.25, 0.3) is 0 Å². The van der Waals surface area contributed by atoms with Crippen molar-refractivity contribution >= 4 is 36.1 Å². The lowest BCUT2D eigenvalue weighted by atomic mass is 9.44. The van der Waals surface area contributed by atoms with Gasteiger partial charge in [-0.2, -0.15) is 0 Å². The maximum absolute atomic E-state index is 9.22. The van der Waals surface area contributed by atoms with E-state index in [9.17, 15) is 5.26 Å². The van der Waals surface area contributed by atoms with Crippen molar-refractivity contribution in [2.75, 3.05) is 0 Å². The molecular weight excluding hydrogens is 262 g/mol. The molecule has 1 aromatic carbocycles. The summed E-state index contributed by atoms with van der Waals surface area (Å²) in [7, 11) is -0.392. The monoisotopic (exact) mass is 280 g/mol. The second-order valence-electron chi connectivity index (χ2n) is 6.72. The van der Waals surface area contributed by atoms with E-state index in [1.54, 1.807) is 0 Å². The first-order valence-corrected chi connectivity index (χ1v) is 7.19. The molecule has 3 rings (SSSR count). The standard InChI is InChI=1S/C15H18B2N2O2/c1-10-16(9-18)12-7-6-11(8-13(12)19-10)17-20-14(2,3)15(4,5)21-17/h6-8H,1-5H3. The summed E-state index contributed by atoms with van der Waals surface area (Å²) in [6.45, 7) is 9.81. The molecule has 1 aromatic rings. The second-order valence-corrected chi connectivity index (χ2v) is 6.72. The minimum atomic E-state index is -0.392. The molecule has 2 heterocycles. The number of nitrogens with zero attached hydrogens (tertiary/aromatic N) is 2. The molecule has 0 saturated carbocycles. The minimum Gasteiger partial charge on any atom is -0.399 e. The van der Waals surface area contributed by atoms with Gasteiger partial charge in [-0.15, -0.1) is 0 Å². The molecule has 0 N–H and O–H groups in total. The van der Waals surface area contributed by atoms with E-state index in [2.05, 4.69) is 11.0 Å². The van der Waals surface area contributed by atoms with Crippen LogP contribution in [-0.2, 0) is 9.31 Å². The molecule has 0 bridgehead atoms. The fourth-order valence-electron chi connectivity index (χ4n) is 2.67. The van der Waals surface area contributed by atoms with E-state index in [-0.39, 0.29) is 17.9 Å². The van der Waals surface area contributed by atoms with Crippen LogP contribution in [0.2, 0.25) is 0 Å². The predicted molar refractivity (Wildman–Crippen MR) is 85.9 cm³/mol. The molecule has 0 amide bonds. The summed E-state index contributed by atoms with van der Waals surface area (Å²) in [5.74, 6) is 2.29. The third kappa shape index (κ3) is 2.12. The first kappa shape index (κ1) is 14.4. The van der Waals surface area contributed by atoms with Crippen LogP contribution >= 0.6 is 0 Å². The average Bonchev–Trinajstić information content (AvgIpc) is 2.81. The average molecular weight is 280 g/mol. The first-order valence-electron chi connectivity index (χ1n) is 7.19. The topological polar surface area (TPSA) is 54.6 Å². The Bertz CT molecular complexity index is 661. The van der Waals surface area contributed by atoms with Crippen LogP contribution < -0.4 is 10.9 Å². The molecule has 0 radical (unpaired) electrons. The molecule has 0 atom stereocenters. The highest BCUT2D eigenvalue weighted by Crippen LogP contribution is 2.36. The van der Waals surface area contributed by atoms with E-state index < -0.39 is 7.12 Å². The van der Waals surface area contributed by atoms with Gasteiger partial charge in [0.2, 0.25) is 0 Å². The molecule has 0 unspecified atom stereocenters. The molecule has 0 spiro atoms. The van der Waals surface area contributed by atoms with Gasteiger partial charge in [-0.05, 0) is 51.6 Å². The van der Waals surface area contributed by atoms with Gasteiger partial charge in [0.15, 0.2) is 0 Å². The lowest BCUT2D eigenvalue weighted by Crippen LogP contribution is -2.41. The number of aliphatic imine (C=N–C) groups is 1. The number of benzene rings is 1. The molecule has 4 nitrogen and oxygen atoms in total. The third-order valence-electron chi connectivity index (χ3n) is 4.73. The Morgan fingerprint density at radius 3 is 2.33 bits per heavy atom. The smallest absolute Gasteiger partial charge is 0.399 e. The normalized spacial score (nSPS) is 22.0. The van der Waals surface area contributed by atoms with Crippen molar-refractivity contribution < 1.29 is 9.31 Å². The highest BCUT2D eigenvalue weighted by Gasteiger charge is 2.51. The summed E-state index contributed by atoms with van der Waals surface area (Å²) in [4.78, 5) is 4.49. The van der Waals surface area contributed by atoms with Gasteiger partial charge in [-0.1, -0.05) is 12.1 Å². The summed E-state index contributed by atoms with van der Waals surface area (Å²) < 4.78 is 12.1. The van der Waals surface area contributed by atoms with E-state index in [0.717, 1.165) is 22.2 Å². The van der Waals surface area contributed by atoms with Gasteiger partial charge < -0.3 is 9.31 Å². The Hall–Kier alpha value is -1.57. The summed E-state index contributed by atoms with van der Waals surface area (Å²) in [6, 6.07) is 5.90. The summed E-state index contributed by atoms with van der Waals surface area (Å²) in [6.07, 6.45) is 0. The lowest BCUT2D eigenvalue weighted by Gasteiger charge is -2.32. The maximum atomic E-state index is 9.22. The number of rotatable bonds is 1. The highest BCUT2D eigenvalue weighted by molar-refractivity contribution is 7.07. The predicted octanol–water partition coefficient (Wildman–Crippen LogP) is 1.40. The van der Waals surface area contributed by atoms with E-state index in [0.29, 0.717) is 0 Å². The zero-order chi connectivity index (χ0) is 15.4. The van der Waals surface area contributed by atoms with Crippen molar-refractivity contribution in [3.8, 4) is 5.97 Å². The molecule has 106 valence electrons. The first-order chi connectivity index (χ1) is 9.75. The van der Waals surface area contributed by atoms with Crippen LogP contribution in [0, 0.1) is 11.2 Å². The van der Waals surface area contributed by atoms with Crippen molar-refractivity contribution in [1.82, 2.24) is 0 Å². The molecule has 1 saturated heterocycles. The van der Waals surface area contributed by atoms with Crippen LogP contribution in [0.1, 0.15) is 34.6 Å². The summed E-state index contributed by atoms with van der Waals surface area (Å²) in [5, 5.41) is 9.22. The largest absolute Gasteiger partial charge is 0.494 e. The van der Waals surface area contributed by atoms with Crippen LogP contribution in [0.4, 0.5) is 5.69 Å². The zero-order valence-electron chi connectivity index (χ0n) is 13.1. The van der Waals surface area contributed by atoms with Gasteiger partial charge in [0, 0.05) is 11.6 Å². The lowest BCUT2D eigenvalue weighted by molar-refractivity contribution is 0.00578. The van der Waals surface area contributed by atoms with Crippen molar-refractivity contribution in [2.24, 2.45) is 4.99 Å². The molecular formula is C15H18B2N2O2. The second kappa shape index (κ2) is 4.46. The Morgan fingerprint density at radius 2 is 1.76 bits per heavy atom. The molecule has 2 aliphatic rings. The van der Waals surface area contributed by atoms with E-state index in [4.69, 9.17) is 9.31 Å². The molecule has 6 heteroatoms. The molecule has 0 aromatic heterocycles. The molecule has 0 aliphatic carbocycles. The molecule has 21 heavy (non-hydrogen) atoms. The number of fused-ring (bicyclic) bond motifs is 1. The van der Waals surface area contributed by atoms with Crippen molar-refractivity contribution in [2.45, 2.75) is 45.8 Å². The van der Waals surface area contributed by atoms with E-state index >= 15 is 0 Å². The van der Waals surface area contributed by atoms with Crippen LogP contribution in [0.15, 0.2) is 23.2 Å². The number of nitriles is 1. The Kier molecular flexibility index (Phi) is 3.05. The van der Waals surface area contributed by atoms with Crippen LogP contribution in [0.3, 0.4) is 0 Å². The van der Waals surface area contributed by atoms with Crippen LogP contribution in [-0.4, -0.2) is 30.6 Å². The zero-order valence-corrected chi connectivity index (χ0v) is 13.1. The summed E-state index contributed by atoms with van der Waals surface area (Å²) >= 11 is 0.